The number of carbonyl (C=O) groups excluding carboxylic acids is 1. The number of nitrogens with zero attached hydrogens (tertiary/aromatic N) is 1. The van der Waals surface area contributed by atoms with Crippen LogP contribution in [0.25, 0.3) is 0 Å². The zero-order valence-corrected chi connectivity index (χ0v) is 14.1. The highest BCUT2D eigenvalue weighted by atomic mass is 16.1. The molecule has 1 heterocycles. The second kappa shape index (κ2) is 8.30. The monoisotopic (exact) mass is 303 g/mol. The van der Waals surface area contributed by atoms with Gasteiger partial charge in [-0.1, -0.05) is 26.0 Å². The molecule has 0 aromatic heterocycles. The lowest BCUT2D eigenvalue weighted by Gasteiger charge is -2.31. The minimum Gasteiger partial charge on any atom is -0.326 e. The Morgan fingerprint density at radius 2 is 1.82 bits per heavy atom. The number of amides is 1. The molecular formula is C18H29N3O. The van der Waals surface area contributed by atoms with Crippen LogP contribution in [0.1, 0.15) is 39.2 Å². The van der Waals surface area contributed by atoms with Crippen molar-refractivity contribution >= 4 is 11.6 Å². The number of likely N-dealkylation sites (tertiary alicyclic amines) is 1. The average Bonchev–Trinajstić information content (AvgIpc) is 2.98. The SMILES string of the molecule is CC(=O)Nc1ccc(CNCC(C(C)C)N2CCCC2)cc1. The van der Waals surface area contributed by atoms with Gasteiger partial charge in [-0.15, -0.1) is 0 Å². The Morgan fingerprint density at radius 3 is 2.36 bits per heavy atom. The van der Waals surface area contributed by atoms with Crippen LogP contribution in [0.15, 0.2) is 24.3 Å². The lowest BCUT2D eigenvalue weighted by Crippen LogP contribution is -2.44. The van der Waals surface area contributed by atoms with Crippen molar-refractivity contribution < 1.29 is 4.79 Å². The molecule has 2 rings (SSSR count). The maximum Gasteiger partial charge on any atom is 0.221 e. The zero-order chi connectivity index (χ0) is 15.9. The molecule has 0 radical (unpaired) electrons. The van der Waals surface area contributed by atoms with Crippen molar-refractivity contribution in [3.8, 4) is 0 Å². The smallest absolute Gasteiger partial charge is 0.221 e. The van der Waals surface area contributed by atoms with Crippen molar-refractivity contribution in [2.75, 3.05) is 25.0 Å². The molecular weight excluding hydrogens is 274 g/mol. The Bertz CT molecular complexity index is 464. The van der Waals surface area contributed by atoms with E-state index in [1.165, 1.54) is 38.4 Å². The quantitative estimate of drug-likeness (QED) is 0.814. The number of hydrogen-bond acceptors (Lipinski definition) is 3. The summed E-state index contributed by atoms with van der Waals surface area (Å²) in [6, 6.07) is 8.68. The summed E-state index contributed by atoms with van der Waals surface area (Å²) in [6.45, 7) is 10.5. The van der Waals surface area contributed by atoms with Crippen LogP contribution in [0.2, 0.25) is 0 Å². The molecule has 1 fully saturated rings. The van der Waals surface area contributed by atoms with Crippen molar-refractivity contribution in [2.24, 2.45) is 5.92 Å². The van der Waals surface area contributed by atoms with Gasteiger partial charge in [0, 0.05) is 31.7 Å². The number of rotatable bonds is 7. The van der Waals surface area contributed by atoms with Gasteiger partial charge in [0.15, 0.2) is 0 Å². The molecule has 0 saturated carbocycles. The van der Waals surface area contributed by atoms with E-state index in [1.807, 2.05) is 12.1 Å². The fraction of sp³-hybridized carbons (Fsp3) is 0.611. The van der Waals surface area contributed by atoms with Crippen LogP contribution in [0.3, 0.4) is 0 Å². The van der Waals surface area contributed by atoms with Crippen molar-refractivity contribution in [1.29, 1.82) is 0 Å². The van der Waals surface area contributed by atoms with Crippen LogP contribution in [-0.2, 0) is 11.3 Å². The number of anilines is 1. The number of nitrogens with one attached hydrogen (secondary N) is 2. The van der Waals surface area contributed by atoms with Crippen LogP contribution >= 0.6 is 0 Å². The molecule has 1 aliphatic rings. The van der Waals surface area contributed by atoms with Gasteiger partial charge in [-0.25, -0.2) is 0 Å². The van der Waals surface area contributed by atoms with Crippen molar-refractivity contribution in [2.45, 2.75) is 46.2 Å². The van der Waals surface area contributed by atoms with E-state index in [2.05, 4.69) is 41.5 Å². The summed E-state index contributed by atoms with van der Waals surface area (Å²) in [5.41, 5.74) is 2.10. The molecule has 2 N–H and O–H groups in total. The second-order valence-electron chi connectivity index (χ2n) is 6.56. The van der Waals surface area contributed by atoms with Crippen LogP contribution < -0.4 is 10.6 Å². The van der Waals surface area contributed by atoms with Crippen molar-refractivity contribution in [1.82, 2.24) is 10.2 Å². The topological polar surface area (TPSA) is 44.4 Å². The van der Waals surface area contributed by atoms with E-state index >= 15 is 0 Å². The molecule has 122 valence electrons. The molecule has 22 heavy (non-hydrogen) atoms. The lowest BCUT2D eigenvalue weighted by molar-refractivity contribution is -0.114. The van der Waals surface area contributed by atoms with E-state index in [0.717, 1.165) is 18.8 Å². The molecule has 0 spiro atoms. The van der Waals surface area contributed by atoms with E-state index in [-0.39, 0.29) is 5.91 Å². The fourth-order valence-electron chi connectivity index (χ4n) is 3.13. The molecule has 1 aromatic rings. The summed E-state index contributed by atoms with van der Waals surface area (Å²) in [4.78, 5) is 13.6. The zero-order valence-electron chi connectivity index (χ0n) is 14.1. The maximum atomic E-state index is 11.0. The predicted molar refractivity (Wildman–Crippen MR) is 91.9 cm³/mol. The Morgan fingerprint density at radius 1 is 1.18 bits per heavy atom. The Kier molecular flexibility index (Phi) is 6.40. The first-order valence-electron chi connectivity index (χ1n) is 8.37. The summed E-state index contributed by atoms with van der Waals surface area (Å²) >= 11 is 0. The van der Waals surface area contributed by atoms with Gasteiger partial charge >= 0.3 is 0 Å². The summed E-state index contributed by atoms with van der Waals surface area (Å²) in [5.74, 6) is 0.643. The Balaban J connectivity index is 1.80. The third-order valence-electron chi connectivity index (χ3n) is 4.34. The summed E-state index contributed by atoms with van der Waals surface area (Å²) in [7, 11) is 0. The van der Waals surface area contributed by atoms with E-state index in [1.54, 1.807) is 0 Å². The molecule has 1 atom stereocenters. The first-order valence-corrected chi connectivity index (χ1v) is 8.37. The van der Waals surface area contributed by atoms with Crippen LogP contribution in [0, 0.1) is 5.92 Å². The highest BCUT2D eigenvalue weighted by molar-refractivity contribution is 5.88. The minimum atomic E-state index is -0.0312. The third-order valence-corrected chi connectivity index (χ3v) is 4.34. The molecule has 1 unspecified atom stereocenters. The van der Waals surface area contributed by atoms with E-state index in [4.69, 9.17) is 0 Å². The van der Waals surface area contributed by atoms with Gasteiger partial charge < -0.3 is 10.6 Å². The Labute approximate surface area is 134 Å². The van der Waals surface area contributed by atoms with Gasteiger partial charge in [-0.05, 0) is 49.5 Å². The molecule has 1 amide bonds. The molecule has 4 heteroatoms. The van der Waals surface area contributed by atoms with Gasteiger partial charge in [-0.3, -0.25) is 9.69 Å². The predicted octanol–water partition coefficient (Wildman–Crippen LogP) is 2.86. The van der Waals surface area contributed by atoms with Gasteiger partial charge in [0.2, 0.25) is 5.91 Å². The average molecular weight is 303 g/mol. The van der Waals surface area contributed by atoms with E-state index in [9.17, 15) is 4.79 Å². The minimum absolute atomic E-state index is 0.0312. The first-order chi connectivity index (χ1) is 10.6. The number of hydrogen-bond donors (Lipinski definition) is 2. The molecule has 1 saturated heterocycles. The van der Waals surface area contributed by atoms with Gasteiger partial charge in [-0.2, -0.15) is 0 Å². The maximum absolute atomic E-state index is 11.0. The standard InChI is InChI=1S/C18H29N3O/c1-14(2)18(21-10-4-5-11-21)13-19-12-16-6-8-17(9-7-16)20-15(3)22/h6-9,14,18-19H,4-5,10-13H2,1-3H3,(H,20,22). The van der Waals surface area contributed by atoms with Gasteiger partial charge in [0.25, 0.3) is 0 Å². The summed E-state index contributed by atoms with van der Waals surface area (Å²) in [5, 5.41) is 6.38. The molecule has 4 nitrogen and oxygen atoms in total. The number of carbonyl (C=O) groups is 1. The normalized spacial score (nSPS) is 16.9. The van der Waals surface area contributed by atoms with Crippen molar-refractivity contribution in [3.63, 3.8) is 0 Å². The highest BCUT2D eigenvalue weighted by Crippen LogP contribution is 2.17. The van der Waals surface area contributed by atoms with Crippen LogP contribution in [0.5, 0.6) is 0 Å². The summed E-state index contributed by atoms with van der Waals surface area (Å²) < 4.78 is 0. The third kappa shape index (κ3) is 5.11. The lowest BCUT2D eigenvalue weighted by atomic mass is 10.0. The van der Waals surface area contributed by atoms with E-state index < -0.39 is 0 Å². The molecule has 1 aliphatic heterocycles. The summed E-state index contributed by atoms with van der Waals surface area (Å²) in [6.07, 6.45) is 2.68. The molecule has 1 aromatic carbocycles. The second-order valence-corrected chi connectivity index (χ2v) is 6.56. The highest BCUT2D eigenvalue weighted by Gasteiger charge is 2.23. The van der Waals surface area contributed by atoms with Crippen LogP contribution in [0.4, 0.5) is 5.69 Å². The van der Waals surface area contributed by atoms with Crippen molar-refractivity contribution in [3.05, 3.63) is 29.8 Å². The Hall–Kier alpha value is -1.39. The van der Waals surface area contributed by atoms with E-state index in [0.29, 0.717) is 12.0 Å². The number of benzene rings is 1. The van der Waals surface area contributed by atoms with Crippen LogP contribution in [-0.4, -0.2) is 36.5 Å². The first kappa shape index (κ1) is 17.0. The van der Waals surface area contributed by atoms with Gasteiger partial charge in [0.1, 0.15) is 0 Å². The molecule has 0 aliphatic carbocycles. The van der Waals surface area contributed by atoms with Gasteiger partial charge in [0.05, 0.1) is 0 Å². The largest absolute Gasteiger partial charge is 0.326 e. The fourth-order valence-corrected chi connectivity index (χ4v) is 3.13. The molecule has 0 bridgehead atoms.